The van der Waals surface area contributed by atoms with E-state index in [-0.39, 0.29) is 0 Å². The largest absolute Gasteiger partial charge is 0.367 e. The van der Waals surface area contributed by atoms with Crippen LogP contribution in [0.4, 0.5) is 5.82 Å². The van der Waals surface area contributed by atoms with Crippen molar-refractivity contribution >= 4 is 5.82 Å². The van der Waals surface area contributed by atoms with Gasteiger partial charge in [0.2, 0.25) is 0 Å². The quantitative estimate of drug-likeness (QED) is 0.886. The van der Waals surface area contributed by atoms with Gasteiger partial charge >= 0.3 is 0 Å². The van der Waals surface area contributed by atoms with Crippen molar-refractivity contribution < 1.29 is 0 Å². The van der Waals surface area contributed by atoms with Crippen LogP contribution in [0.5, 0.6) is 0 Å². The Labute approximate surface area is 110 Å². The summed E-state index contributed by atoms with van der Waals surface area (Å²) in [4.78, 5) is 11.0. The van der Waals surface area contributed by atoms with E-state index in [1.165, 1.54) is 6.42 Å². The summed E-state index contributed by atoms with van der Waals surface area (Å²) in [5.41, 5.74) is 1.13. The van der Waals surface area contributed by atoms with E-state index in [2.05, 4.69) is 47.1 Å². The molecule has 1 fully saturated rings. The Bertz CT molecular complexity index is 380. The summed E-state index contributed by atoms with van der Waals surface area (Å²) in [5.74, 6) is 1.64. The predicted molar refractivity (Wildman–Crippen MR) is 74.7 cm³/mol. The number of nitrogens with zero attached hydrogens (tertiary/aromatic N) is 3. The molecule has 1 aromatic heterocycles. The number of rotatable bonds is 4. The van der Waals surface area contributed by atoms with Crippen LogP contribution in [0.2, 0.25) is 0 Å². The fourth-order valence-electron chi connectivity index (χ4n) is 2.63. The first-order valence-corrected chi connectivity index (χ1v) is 6.95. The Kier molecular flexibility index (Phi) is 4.53. The van der Waals surface area contributed by atoms with Gasteiger partial charge in [0, 0.05) is 24.3 Å². The fraction of sp³-hybridized carbons (Fsp3) is 0.714. The standard InChI is InChI=1S/C14H24N4/c1-4-5-12-8-14(16-10-15-12)17-13-6-7-18(3)9-11(13)2/h8,10-11,13H,4-7,9H2,1-3H3,(H,15,16,17). The third-order valence-electron chi connectivity index (χ3n) is 3.67. The van der Waals surface area contributed by atoms with Crippen molar-refractivity contribution in [3.63, 3.8) is 0 Å². The molecule has 100 valence electrons. The molecule has 2 atom stereocenters. The number of aromatic nitrogens is 2. The highest BCUT2D eigenvalue weighted by Gasteiger charge is 2.24. The first-order valence-electron chi connectivity index (χ1n) is 6.95. The van der Waals surface area contributed by atoms with Gasteiger partial charge in [0.1, 0.15) is 12.1 Å². The molecule has 1 N–H and O–H groups in total. The zero-order valence-electron chi connectivity index (χ0n) is 11.7. The van der Waals surface area contributed by atoms with Crippen LogP contribution in [-0.2, 0) is 6.42 Å². The second-order valence-corrected chi connectivity index (χ2v) is 5.42. The van der Waals surface area contributed by atoms with Crippen LogP contribution in [0.15, 0.2) is 12.4 Å². The molecule has 2 rings (SSSR count). The minimum Gasteiger partial charge on any atom is -0.367 e. The molecule has 2 unspecified atom stereocenters. The Morgan fingerprint density at radius 1 is 1.44 bits per heavy atom. The molecule has 0 bridgehead atoms. The smallest absolute Gasteiger partial charge is 0.129 e. The van der Waals surface area contributed by atoms with E-state index < -0.39 is 0 Å². The molecule has 1 aromatic rings. The Morgan fingerprint density at radius 2 is 2.28 bits per heavy atom. The molecule has 1 aliphatic heterocycles. The highest BCUT2D eigenvalue weighted by Crippen LogP contribution is 2.19. The topological polar surface area (TPSA) is 41.0 Å². The summed E-state index contributed by atoms with van der Waals surface area (Å²) in [7, 11) is 2.19. The summed E-state index contributed by atoms with van der Waals surface area (Å²) in [6.45, 7) is 6.80. The van der Waals surface area contributed by atoms with Crippen LogP contribution < -0.4 is 5.32 Å². The average Bonchev–Trinajstić information content (AvgIpc) is 2.34. The lowest BCUT2D eigenvalue weighted by Gasteiger charge is -2.35. The lowest BCUT2D eigenvalue weighted by atomic mass is 9.94. The normalized spacial score (nSPS) is 25.1. The van der Waals surface area contributed by atoms with Crippen LogP contribution in [0.1, 0.15) is 32.4 Å². The monoisotopic (exact) mass is 248 g/mol. The van der Waals surface area contributed by atoms with Gasteiger partial charge < -0.3 is 10.2 Å². The SMILES string of the molecule is CCCc1cc(NC2CCN(C)CC2C)ncn1. The van der Waals surface area contributed by atoms with Gasteiger partial charge in [-0.3, -0.25) is 0 Å². The highest BCUT2D eigenvalue weighted by molar-refractivity contribution is 5.36. The molecule has 0 radical (unpaired) electrons. The second kappa shape index (κ2) is 6.14. The van der Waals surface area contributed by atoms with Crippen LogP contribution in [0.25, 0.3) is 0 Å². The summed E-state index contributed by atoms with van der Waals surface area (Å²) in [6, 6.07) is 2.62. The predicted octanol–water partition coefficient (Wildman–Crippen LogP) is 2.18. The van der Waals surface area contributed by atoms with E-state index in [4.69, 9.17) is 0 Å². The molecular formula is C14H24N4. The third kappa shape index (κ3) is 3.42. The third-order valence-corrected chi connectivity index (χ3v) is 3.67. The van der Waals surface area contributed by atoms with Crippen molar-refractivity contribution in [2.45, 2.75) is 39.2 Å². The van der Waals surface area contributed by atoms with Crippen molar-refractivity contribution in [1.29, 1.82) is 0 Å². The highest BCUT2D eigenvalue weighted by atomic mass is 15.1. The summed E-state index contributed by atoms with van der Waals surface area (Å²) in [6.07, 6.45) is 5.01. The number of likely N-dealkylation sites (tertiary alicyclic amines) is 1. The maximum atomic E-state index is 4.33. The van der Waals surface area contributed by atoms with Crippen molar-refractivity contribution in [3.8, 4) is 0 Å². The molecule has 0 aliphatic carbocycles. The number of anilines is 1. The number of aryl methyl sites for hydroxylation is 1. The maximum Gasteiger partial charge on any atom is 0.129 e. The lowest BCUT2D eigenvalue weighted by Crippen LogP contribution is -2.43. The molecule has 2 heterocycles. The van der Waals surface area contributed by atoms with Gasteiger partial charge in [-0.2, -0.15) is 0 Å². The lowest BCUT2D eigenvalue weighted by molar-refractivity contribution is 0.206. The van der Waals surface area contributed by atoms with Crippen LogP contribution in [-0.4, -0.2) is 41.0 Å². The molecule has 1 saturated heterocycles. The minimum absolute atomic E-state index is 0.533. The molecule has 4 heteroatoms. The molecule has 0 amide bonds. The number of hydrogen-bond donors (Lipinski definition) is 1. The zero-order valence-corrected chi connectivity index (χ0v) is 11.7. The van der Waals surface area contributed by atoms with Crippen LogP contribution in [0.3, 0.4) is 0 Å². The van der Waals surface area contributed by atoms with E-state index in [0.717, 1.165) is 37.4 Å². The summed E-state index contributed by atoms with van der Waals surface area (Å²) < 4.78 is 0. The Hall–Kier alpha value is -1.16. The van der Waals surface area contributed by atoms with Crippen molar-refractivity contribution in [3.05, 3.63) is 18.1 Å². The van der Waals surface area contributed by atoms with Gasteiger partial charge in [0.05, 0.1) is 0 Å². The van der Waals surface area contributed by atoms with E-state index in [9.17, 15) is 0 Å². The molecule has 18 heavy (non-hydrogen) atoms. The Balaban J connectivity index is 1.98. The van der Waals surface area contributed by atoms with Gasteiger partial charge in [-0.1, -0.05) is 20.3 Å². The van der Waals surface area contributed by atoms with Crippen LogP contribution in [0, 0.1) is 5.92 Å². The number of piperidine rings is 1. The Morgan fingerprint density at radius 3 is 3.00 bits per heavy atom. The van der Waals surface area contributed by atoms with Crippen LogP contribution >= 0.6 is 0 Å². The van der Waals surface area contributed by atoms with Crippen molar-refractivity contribution in [2.75, 3.05) is 25.5 Å². The van der Waals surface area contributed by atoms with Crippen molar-refractivity contribution in [1.82, 2.24) is 14.9 Å². The average molecular weight is 248 g/mol. The van der Waals surface area contributed by atoms with Gasteiger partial charge in [-0.05, 0) is 32.4 Å². The molecule has 4 nitrogen and oxygen atoms in total. The van der Waals surface area contributed by atoms with E-state index >= 15 is 0 Å². The fourth-order valence-corrected chi connectivity index (χ4v) is 2.63. The van der Waals surface area contributed by atoms with Gasteiger partial charge in [0.25, 0.3) is 0 Å². The van der Waals surface area contributed by atoms with E-state index in [1.54, 1.807) is 6.33 Å². The zero-order chi connectivity index (χ0) is 13.0. The van der Waals surface area contributed by atoms with Crippen molar-refractivity contribution in [2.24, 2.45) is 5.92 Å². The molecule has 0 spiro atoms. The number of hydrogen-bond acceptors (Lipinski definition) is 4. The maximum absolute atomic E-state index is 4.33. The minimum atomic E-state index is 0.533. The molecular weight excluding hydrogens is 224 g/mol. The first kappa shape index (κ1) is 13.3. The molecule has 0 saturated carbocycles. The molecule has 1 aliphatic rings. The number of nitrogens with one attached hydrogen (secondary N) is 1. The van der Waals surface area contributed by atoms with E-state index in [0.29, 0.717) is 12.0 Å². The molecule has 0 aromatic carbocycles. The second-order valence-electron chi connectivity index (χ2n) is 5.42. The summed E-state index contributed by atoms with van der Waals surface area (Å²) >= 11 is 0. The van der Waals surface area contributed by atoms with Gasteiger partial charge in [-0.25, -0.2) is 9.97 Å². The van der Waals surface area contributed by atoms with E-state index in [1.807, 2.05) is 0 Å². The van der Waals surface area contributed by atoms with Gasteiger partial charge in [0.15, 0.2) is 0 Å². The summed E-state index contributed by atoms with van der Waals surface area (Å²) in [5, 5.41) is 3.57. The first-order chi connectivity index (χ1) is 8.69. The van der Waals surface area contributed by atoms with Gasteiger partial charge in [-0.15, -0.1) is 0 Å².